The van der Waals surface area contributed by atoms with E-state index in [9.17, 15) is 19.8 Å². The van der Waals surface area contributed by atoms with E-state index >= 15 is 0 Å². The molecular formula is C11H15N5O6. The Morgan fingerprint density at radius 1 is 1.23 bits per heavy atom. The van der Waals surface area contributed by atoms with Gasteiger partial charge in [0, 0.05) is 0 Å². The second-order valence-electron chi connectivity index (χ2n) is 5.07. The van der Waals surface area contributed by atoms with Gasteiger partial charge in [-0.25, -0.2) is 4.79 Å². The molecule has 0 radical (unpaired) electrons. The van der Waals surface area contributed by atoms with Crippen molar-refractivity contribution in [2.24, 2.45) is 0 Å². The van der Waals surface area contributed by atoms with E-state index in [1.807, 2.05) is 0 Å². The van der Waals surface area contributed by atoms with E-state index in [1.54, 1.807) is 0 Å². The molecule has 1 aliphatic rings. The van der Waals surface area contributed by atoms with Crippen molar-refractivity contribution in [3.05, 3.63) is 20.8 Å². The zero-order valence-corrected chi connectivity index (χ0v) is 11.3. The van der Waals surface area contributed by atoms with Gasteiger partial charge >= 0.3 is 5.69 Å². The molecule has 1 fully saturated rings. The number of nitrogens with two attached hydrogens (primary N) is 1. The molecule has 1 aliphatic heterocycles. The summed E-state index contributed by atoms with van der Waals surface area (Å²) in [6.45, 7) is -0.633. The van der Waals surface area contributed by atoms with Crippen LogP contribution in [0.1, 0.15) is 0 Å². The van der Waals surface area contributed by atoms with Crippen LogP contribution in [0.15, 0.2) is 9.59 Å². The Bertz CT molecular complexity index is 809. The molecule has 120 valence electrons. The minimum Gasteiger partial charge on any atom is -0.394 e. The minimum absolute atomic E-state index is 0.0176. The maximum Gasteiger partial charge on any atom is 0.327 e. The Morgan fingerprint density at radius 3 is 2.55 bits per heavy atom. The lowest BCUT2D eigenvalue weighted by atomic mass is 10.1. The predicted molar refractivity (Wildman–Crippen MR) is 73.1 cm³/mol. The first-order valence-corrected chi connectivity index (χ1v) is 6.53. The Labute approximate surface area is 122 Å². The number of rotatable bonds is 3. The van der Waals surface area contributed by atoms with Crippen LogP contribution in [-0.2, 0) is 11.3 Å². The van der Waals surface area contributed by atoms with E-state index < -0.39 is 42.3 Å². The number of aromatic amines is 2. The van der Waals surface area contributed by atoms with Crippen molar-refractivity contribution in [3.63, 3.8) is 0 Å². The molecule has 0 aliphatic carbocycles. The Hall–Kier alpha value is -2.21. The van der Waals surface area contributed by atoms with Crippen molar-refractivity contribution in [2.45, 2.75) is 31.0 Å². The molecular weight excluding hydrogens is 298 g/mol. The first-order valence-electron chi connectivity index (χ1n) is 6.53. The van der Waals surface area contributed by atoms with E-state index in [0.717, 1.165) is 4.57 Å². The summed E-state index contributed by atoms with van der Waals surface area (Å²) in [6, 6.07) is 0. The summed E-state index contributed by atoms with van der Waals surface area (Å²) in [5, 5.41) is 28.7. The molecule has 0 unspecified atom stereocenters. The third-order valence-corrected chi connectivity index (χ3v) is 3.66. The number of H-pyrrole nitrogens is 2. The second kappa shape index (κ2) is 5.21. The maximum atomic E-state index is 12.0. The van der Waals surface area contributed by atoms with E-state index in [2.05, 4.69) is 15.0 Å². The monoisotopic (exact) mass is 313 g/mol. The van der Waals surface area contributed by atoms with E-state index in [-0.39, 0.29) is 23.7 Å². The average Bonchev–Trinajstić information content (AvgIpc) is 2.92. The average molecular weight is 313 g/mol. The molecule has 1 saturated heterocycles. The van der Waals surface area contributed by atoms with Gasteiger partial charge in [0.05, 0.1) is 13.2 Å². The molecule has 0 bridgehead atoms. The molecule has 3 rings (SSSR count). The number of hydrogen-bond donors (Lipinski definition) is 6. The largest absolute Gasteiger partial charge is 0.394 e. The van der Waals surface area contributed by atoms with Crippen LogP contribution in [0.2, 0.25) is 0 Å². The highest BCUT2D eigenvalue weighted by Crippen LogP contribution is 2.22. The zero-order chi connectivity index (χ0) is 16.0. The Balaban J connectivity index is 2.00. The van der Waals surface area contributed by atoms with Crippen molar-refractivity contribution in [2.75, 3.05) is 12.3 Å². The lowest BCUT2D eigenvalue weighted by Crippen LogP contribution is -2.36. The van der Waals surface area contributed by atoms with Crippen LogP contribution in [0, 0.1) is 0 Å². The molecule has 0 saturated carbocycles. The molecule has 4 atom stereocenters. The van der Waals surface area contributed by atoms with Gasteiger partial charge in [-0.2, -0.15) is 4.98 Å². The molecule has 3 heterocycles. The normalized spacial score (nSPS) is 28.5. The fourth-order valence-corrected chi connectivity index (χ4v) is 2.53. The smallest absolute Gasteiger partial charge is 0.327 e. The highest BCUT2D eigenvalue weighted by atomic mass is 16.6. The SMILES string of the molecule is Nc1nc2c([nH]c(=O)n2C[C@H]2O[C@@H](CO)[C@H](O)[C@@H]2O)c(=O)[nH]1. The third-order valence-electron chi connectivity index (χ3n) is 3.66. The van der Waals surface area contributed by atoms with Gasteiger partial charge in [0.1, 0.15) is 24.4 Å². The number of aliphatic hydroxyl groups excluding tert-OH is 3. The van der Waals surface area contributed by atoms with Crippen molar-refractivity contribution >= 4 is 17.1 Å². The fourth-order valence-electron chi connectivity index (χ4n) is 2.53. The van der Waals surface area contributed by atoms with Crippen LogP contribution in [0.25, 0.3) is 11.2 Å². The number of hydrogen-bond acceptors (Lipinski definition) is 8. The summed E-state index contributed by atoms with van der Waals surface area (Å²) in [5.41, 5.74) is 4.20. The lowest BCUT2D eigenvalue weighted by molar-refractivity contribution is -0.0264. The lowest BCUT2D eigenvalue weighted by Gasteiger charge is -2.14. The number of nitrogens with one attached hydrogen (secondary N) is 2. The van der Waals surface area contributed by atoms with Crippen LogP contribution in [-0.4, -0.2) is 65.9 Å². The molecule has 22 heavy (non-hydrogen) atoms. The molecule has 11 nitrogen and oxygen atoms in total. The van der Waals surface area contributed by atoms with Crippen molar-refractivity contribution < 1.29 is 20.1 Å². The minimum atomic E-state index is -1.28. The highest BCUT2D eigenvalue weighted by Gasteiger charge is 2.42. The first-order chi connectivity index (χ1) is 10.4. The Kier molecular flexibility index (Phi) is 3.48. The summed E-state index contributed by atoms with van der Waals surface area (Å²) < 4.78 is 6.39. The van der Waals surface area contributed by atoms with Crippen LogP contribution >= 0.6 is 0 Å². The van der Waals surface area contributed by atoms with Gasteiger partial charge in [-0.1, -0.05) is 0 Å². The summed E-state index contributed by atoms with van der Waals surface area (Å²) in [6.07, 6.45) is -4.43. The predicted octanol–water partition coefficient (Wildman–Crippen LogP) is -3.52. The fraction of sp³-hybridized carbons (Fsp3) is 0.545. The molecule has 2 aromatic heterocycles. The van der Waals surface area contributed by atoms with Crippen molar-refractivity contribution in [1.82, 2.24) is 19.5 Å². The molecule has 7 N–H and O–H groups in total. The molecule has 0 aromatic carbocycles. The van der Waals surface area contributed by atoms with E-state index in [1.165, 1.54) is 0 Å². The first kappa shape index (κ1) is 14.7. The maximum absolute atomic E-state index is 12.0. The zero-order valence-electron chi connectivity index (χ0n) is 11.3. The van der Waals surface area contributed by atoms with Crippen molar-refractivity contribution in [1.29, 1.82) is 0 Å². The molecule has 2 aromatic rings. The third kappa shape index (κ3) is 2.20. The van der Waals surface area contributed by atoms with Gasteiger partial charge in [-0.15, -0.1) is 0 Å². The van der Waals surface area contributed by atoms with Crippen LogP contribution in [0.3, 0.4) is 0 Å². The van der Waals surface area contributed by atoms with Gasteiger partial charge in [0.15, 0.2) is 11.2 Å². The van der Waals surface area contributed by atoms with Gasteiger partial charge < -0.3 is 25.8 Å². The number of ether oxygens (including phenoxy) is 1. The number of nitrogen functional groups attached to an aromatic ring is 1. The second-order valence-corrected chi connectivity index (χ2v) is 5.07. The quantitative estimate of drug-likeness (QED) is 0.337. The topological polar surface area (TPSA) is 179 Å². The molecule has 11 heteroatoms. The number of anilines is 1. The summed E-state index contributed by atoms with van der Waals surface area (Å²) >= 11 is 0. The number of fused-ring (bicyclic) bond motifs is 1. The molecule has 0 spiro atoms. The van der Waals surface area contributed by atoms with Gasteiger partial charge in [-0.05, 0) is 0 Å². The number of nitrogens with zero attached hydrogens (tertiary/aromatic N) is 2. The van der Waals surface area contributed by atoms with Gasteiger partial charge in [0.25, 0.3) is 5.56 Å². The van der Waals surface area contributed by atoms with E-state index in [0.29, 0.717) is 0 Å². The van der Waals surface area contributed by atoms with E-state index in [4.69, 9.17) is 15.6 Å². The van der Waals surface area contributed by atoms with Gasteiger partial charge in [0.2, 0.25) is 5.95 Å². The molecule has 0 amide bonds. The van der Waals surface area contributed by atoms with Crippen LogP contribution in [0.5, 0.6) is 0 Å². The number of aromatic nitrogens is 4. The summed E-state index contributed by atoms with van der Waals surface area (Å²) in [4.78, 5) is 32.1. The number of aliphatic hydroxyl groups is 3. The highest BCUT2D eigenvalue weighted by molar-refractivity contribution is 5.70. The van der Waals surface area contributed by atoms with Crippen LogP contribution < -0.4 is 17.0 Å². The summed E-state index contributed by atoms with van der Waals surface area (Å²) in [7, 11) is 0. The number of imidazole rings is 1. The van der Waals surface area contributed by atoms with Crippen molar-refractivity contribution in [3.8, 4) is 0 Å². The standard InChI is InChI=1S/C11H15N5O6/c12-10-14-8-5(9(20)15-10)13-11(21)16(8)1-3-6(18)7(19)4(2-17)22-3/h3-4,6-7,17-19H,1-2H2,(H,13,21)(H3,12,14,15,20)/t3-,4+,6-,7+/m1/s1. The summed E-state index contributed by atoms with van der Waals surface area (Å²) in [5.74, 6) is -0.161. The Morgan fingerprint density at radius 2 is 1.91 bits per heavy atom. The van der Waals surface area contributed by atoms with Crippen LogP contribution in [0.4, 0.5) is 5.95 Å². The van der Waals surface area contributed by atoms with Gasteiger partial charge in [-0.3, -0.25) is 19.3 Å².